The predicted octanol–water partition coefficient (Wildman–Crippen LogP) is 3.86. The van der Waals surface area contributed by atoms with Gasteiger partial charge in [-0.25, -0.2) is 9.59 Å². The smallest absolute Gasteiger partial charge is 0.432 e. The monoisotopic (exact) mass is 378 g/mol. The van der Waals surface area contributed by atoms with E-state index in [9.17, 15) is 22.9 Å². The van der Waals surface area contributed by atoms with E-state index in [0.717, 1.165) is 0 Å². The van der Waals surface area contributed by atoms with Crippen LogP contribution in [0.3, 0.4) is 0 Å². The molecule has 24 heavy (non-hydrogen) atoms. The first-order valence-corrected chi connectivity index (χ1v) is 8.35. The molecule has 142 valence electrons. The number of hydrogen-bond acceptors (Lipinski definition) is 9. The third kappa shape index (κ3) is 8.99. The lowest BCUT2D eigenvalue weighted by molar-refractivity contribution is -0.0484. The SMILES string of the molecule is CC(C)OC(=O)OCOP(=O)(OCOC(=O)OC(C)C)C(C)(F)F. The molecule has 0 aliphatic heterocycles. The van der Waals surface area contributed by atoms with Crippen LogP contribution in [-0.2, 0) is 32.6 Å². The Morgan fingerprint density at radius 3 is 1.50 bits per heavy atom. The Hall–Kier alpha value is -1.45. The molecule has 0 rings (SSSR count). The summed E-state index contributed by atoms with van der Waals surface area (Å²) in [5.41, 5.74) is -3.94. The second-order valence-corrected chi connectivity index (χ2v) is 7.25. The second-order valence-electron chi connectivity index (χ2n) is 4.96. The molecular formula is C12H21F2O9P. The molecule has 0 bridgehead atoms. The van der Waals surface area contributed by atoms with Crippen molar-refractivity contribution in [2.45, 2.75) is 52.5 Å². The first kappa shape index (κ1) is 22.6. The summed E-state index contributed by atoms with van der Waals surface area (Å²) in [4.78, 5) is 22.1. The molecular weight excluding hydrogens is 357 g/mol. The van der Waals surface area contributed by atoms with Gasteiger partial charge in [-0.1, -0.05) is 0 Å². The van der Waals surface area contributed by atoms with Crippen molar-refractivity contribution < 1.29 is 50.9 Å². The van der Waals surface area contributed by atoms with Gasteiger partial charge in [-0.15, -0.1) is 0 Å². The highest BCUT2D eigenvalue weighted by Gasteiger charge is 2.50. The fourth-order valence-corrected chi connectivity index (χ4v) is 1.92. The highest BCUT2D eigenvalue weighted by molar-refractivity contribution is 7.55. The van der Waals surface area contributed by atoms with Crippen LogP contribution in [0.2, 0.25) is 0 Å². The van der Waals surface area contributed by atoms with E-state index in [1.54, 1.807) is 0 Å². The van der Waals surface area contributed by atoms with Crippen molar-refractivity contribution in [1.29, 1.82) is 0 Å². The van der Waals surface area contributed by atoms with Gasteiger partial charge in [0.05, 0.1) is 12.2 Å². The minimum atomic E-state index is -5.08. The molecule has 0 aliphatic rings. The summed E-state index contributed by atoms with van der Waals surface area (Å²) in [6, 6.07) is 0. The van der Waals surface area contributed by atoms with Gasteiger partial charge in [-0.3, -0.25) is 13.6 Å². The van der Waals surface area contributed by atoms with Gasteiger partial charge < -0.3 is 18.9 Å². The minimum absolute atomic E-state index is 0.270. The number of rotatable bonds is 9. The van der Waals surface area contributed by atoms with E-state index >= 15 is 0 Å². The van der Waals surface area contributed by atoms with Gasteiger partial charge in [0.1, 0.15) is 0 Å². The van der Waals surface area contributed by atoms with E-state index in [1.807, 2.05) is 0 Å². The molecule has 0 spiro atoms. The first-order chi connectivity index (χ1) is 10.9. The fraction of sp³-hybridized carbons (Fsp3) is 0.833. The second kappa shape index (κ2) is 9.75. The van der Waals surface area contributed by atoms with Gasteiger partial charge >= 0.3 is 25.6 Å². The third-order valence-corrected chi connectivity index (χ3v) is 3.80. The maximum atomic E-state index is 13.4. The van der Waals surface area contributed by atoms with Crippen LogP contribution in [0, 0.1) is 0 Å². The van der Waals surface area contributed by atoms with Crippen molar-refractivity contribution in [1.82, 2.24) is 0 Å². The zero-order valence-electron chi connectivity index (χ0n) is 13.9. The molecule has 0 N–H and O–H groups in total. The Morgan fingerprint density at radius 2 is 1.25 bits per heavy atom. The maximum absolute atomic E-state index is 13.4. The third-order valence-electron chi connectivity index (χ3n) is 1.94. The highest BCUT2D eigenvalue weighted by atomic mass is 31.2. The summed E-state index contributed by atoms with van der Waals surface area (Å²) < 4.78 is 65.2. The largest absolute Gasteiger partial charge is 0.510 e. The lowest BCUT2D eigenvalue weighted by Crippen LogP contribution is -2.21. The number of ether oxygens (including phenoxy) is 4. The van der Waals surface area contributed by atoms with E-state index < -0.39 is 51.4 Å². The number of alkyl halides is 2. The Kier molecular flexibility index (Phi) is 9.16. The molecule has 0 radical (unpaired) electrons. The number of halogens is 2. The van der Waals surface area contributed by atoms with Crippen molar-refractivity contribution in [3.63, 3.8) is 0 Å². The van der Waals surface area contributed by atoms with Crippen LogP contribution < -0.4 is 0 Å². The molecule has 0 aromatic rings. The lowest BCUT2D eigenvalue weighted by Gasteiger charge is -2.23. The van der Waals surface area contributed by atoms with Gasteiger partial charge in [0.25, 0.3) is 0 Å². The molecule has 0 unspecified atom stereocenters. The number of carbonyl (C=O) groups is 2. The Labute approximate surface area is 138 Å². The van der Waals surface area contributed by atoms with Gasteiger partial charge in [0, 0.05) is 6.92 Å². The van der Waals surface area contributed by atoms with Crippen LogP contribution in [0.5, 0.6) is 0 Å². The normalized spacial score (nSPS) is 12.2. The molecule has 0 saturated heterocycles. The van der Waals surface area contributed by atoms with Gasteiger partial charge in [-0.05, 0) is 27.7 Å². The van der Waals surface area contributed by atoms with Gasteiger partial charge in [-0.2, -0.15) is 8.78 Å². The molecule has 0 amide bonds. The van der Waals surface area contributed by atoms with Crippen molar-refractivity contribution in [2.24, 2.45) is 0 Å². The van der Waals surface area contributed by atoms with E-state index in [0.29, 0.717) is 0 Å². The quantitative estimate of drug-likeness (QED) is 0.336. The number of hydrogen-bond donors (Lipinski definition) is 0. The van der Waals surface area contributed by atoms with Crippen LogP contribution in [0.15, 0.2) is 0 Å². The Balaban J connectivity index is 4.50. The standard InChI is InChI=1S/C12H21F2O9P/c1-8(2)22-10(15)18-6-20-24(17,12(5,13)14)21-7-19-11(16)23-9(3)4/h8-9H,6-7H2,1-5H3. The maximum Gasteiger partial charge on any atom is 0.510 e. The van der Waals surface area contributed by atoms with Crippen molar-refractivity contribution >= 4 is 19.9 Å². The average Bonchev–Trinajstić information content (AvgIpc) is 2.35. The van der Waals surface area contributed by atoms with E-state index in [4.69, 9.17) is 0 Å². The van der Waals surface area contributed by atoms with Crippen molar-refractivity contribution in [3.05, 3.63) is 0 Å². The summed E-state index contributed by atoms with van der Waals surface area (Å²) in [5.74, 6) is 0. The molecule has 0 aliphatic carbocycles. The zero-order valence-corrected chi connectivity index (χ0v) is 14.8. The van der Waals surface area contributed by atoms with Crippen molar-refractivity contribution in [2.75, 3.05) is 13.6 Å². The molecule has 0 heterocycles. The summed E-state index contributed by atoms with van der Waals surface area (Å²) in [6.45, 7) is 4.18. The molecule has 0 aromatic carbocycles. The number of carbonyl (C=O) groups excluding carboxylic acids is 2. The lowest BCUT2D eigenvalue weighted by atomic mass is 10.5. The van der Waals surface area contributed by atoms with Crippen LogP contribution in [-0.4, -0.2) is 43.8 Å². The summed E-state index contributed by atoms with van der Waals surface area (Å²) in [6.07, 6.45) is -3.41. The molecule has 12 heteroatoms. The molecule has 0 aromatic heterocycles. The highest BCUT2D eigenvalue weighted by Crippen LogP contribution is 2.61. The average molecular weight is 378 g/mol. The predicted molar refractivity (Wildman–Crippen MR) is 75.5 cm³/mol. The van der Waals surface area contributed by atoms with Gasteiger partial charge in [0.2, 0.25) is 13.6 Å². The van der Waals surface area contributed by atoms with Crippen LogP contribution in [0.25, 0.3) is 0 Å². The summed E-state index contributed by atoms with van der Waals surface area (Å²) in [7, 11) is -5.08. The molecule has 0 fully saturated rings. The van der Waals surface area contributed by atoms with E-state index in [-0.39, 0.29) is 6.92 Å². The zero-order chi connectivity index (χ0) is 19.0. The van der Waals surface area contributed by atoms with Crippen LogP contribution in [0.4, 0.5) is 18.4 Å². The van der Waals surface area contributed by atoms with Crippen molar-refractivity contribution in [3.8, 4) is 0 Å². The molecule has 0 atom stereocenters. The van der Waals surface area contributed by atoms with E-state index in [2.05, 4.69) is 28.0 Å². The van der Waals surface area contributed by atoms with Crippen LogP contribution >= 0.6 is 7.60 Å². The van der Waals surface area contributed by atoms with Gasteiger partial charge in [0.15, 0.2) is 0 Å². The topological polar surface area (TPSA) is 107 Å². The molecule has 9 nitrogen and oxygen atoms in total. The Bertz CT molecular complexity index is 430. The molecule has 0 saturated carbocycles. The fourth-order valence-electron chi connectivity index (χ4n) is 1.00. The summed E-state index contributed by atoms with van der Waals surface area (Å²) >= 11 is 0. The van der Waals surface area contributed by atoms with E-state index in [1.165, 1.54) is 27.7 Å². The first-order valence-electron chi connectivity index (χ1n) is 6.81. The van der Waals surface area contributed by atoms with Crippen LogP contribution in [0.1, 0.15) is 34.6 Å². The minimum Gasteiger partial charge on any atom is -0.432 e. The Morgan fingerprint density at radius 1 is 0.917 bits per heavy atom. The summed E-state index contributed by atoms with van der Waals surface area (Å²) in [5, 5.41) is 0.